The molecule has 1 atom stereocenters. The average molecular weight is 556 g/mol. The highest BCUT2D eigenvalue weighted by Gasteiger charge is 2.37. The van der Waals surface area contributed by atoms with E-state index in [9.17, 15) is 0 Å². The van der Waals surface area contributed by atoms with Gasteiger partial charge in [-0.15, -0.1) is 0 Å². The summed E-state index contributed by atoms with van der Waals surface area (Å²) in [5.74, 6) is 1.16. The van der Waals surface area contributed by atoms with Crippen LogP contribution in [-0.4, -0.2) is 27.7 Å². The first-order valence-corrected chi connectivity index (χ1v) is 14.7. The summed E-state index contributed by atoms with van der Waals surface area (Å²) >= 11 is 6.36. The zero-order valence-electron chi connectivity index (χ0n) is 23.8. The first kappa shape index (κ1) is 25.7. The van der Waals surface area contributed by atoms with Gasteiger partial charge in [0.1, 0.15) is 12.1 Å². The maximum absolute atomic E-state index is 6.36. The highest BCUT2D eigenvalue weighted by molar-refractivity contribution is 7.71. The van der Waals surface area contributed by atoms with E-state index in [1.54, 1.807) is 0 Å². The Hall–Kier alpha value is -4.22. The third-order valence-corrected chi connectivity index (χ3v) is 8.82. The SMILES string of the molecule is CC(C)[C@H]1COC(C(C)(C)n2c(=S)n(-c3ccccc3-c3c4ccccc4cc4ccccc34)c3ccccc32)=N1. The number of rotatable bonds is 5. The lowest BCUT2D eigenvalue weighted by atomic mass is 9.91. The average Bonchev–Trinajstić information content (AvgIpc) is 3.60. The van der Waals surface area contributed by atoms with Gasteiger partial charge in [-0.3, -0.25) is 4.57 Å². The summed E-state index contributed by atoms with van der Waals surface area (Å²) in [5.41, 5.74) is 4.97. The molecule has 0 amide bonds. The zero-order valence-corrected chi connectivity index (χ0v) is 24.7. The topological polar surface area (TPSA) is 31.4 Å². The van der Waals surface area contributed by atoms with Gasteiger partial charge in [0.2, 0.25) is 5.90 Å². The van der Waals surface area contributed by atoms with Crippen LogP contribution in [0.25, 0.3) is 49.4 Å². The Labute approximate surface area is 245 Å². The first-order chi connectivity index (χ1) is 19.9. The minimum atomic E-state index is -0.563. The molecule has 0 aliphatic carbocycles. The molecule has 0 radical (unpaired) electrons. The van der Waals surface area contributed by atoms with E-state index in [2.05, 4.69) is 140 Å². The molecule has 0 saturated heterocycles. The van der Waals surface area contributed by atoms with Crippen LogP contribution in [0.1, 0.15) is 27.7 Å². The van der Waals surface area contributed by atoms with E-state index in [-0.39, 0.29) is 6.04 Å². The van der Waals surface area contributed by atoms with Gasteiger partial charge in [0.05, 0.1) is 22.8 Å². The van der Waals surface area contributed by atoms with Gasteiger partial charge < -0.3 is 9.30 Å². The van der Waals surface area contributed by atoms with Gasteiger partial charge in [-0.05, 0) is 83.4 Å². The van der Waals surface area contributed by atoms with Crippen LogP contribution in [0, 0.1) is 10.7 Å². The molecular weight excluding hydrogens is 522 g/mol. The Bertz CT molecular complexity index is 1990. The lowest BCUT2D eigenvalue weighted by Gasteiger charge is -2.26. The van der Waals surface area contributed by atoms with Gasteiger partial charge in [0.15, 0.2) is 4.77 Å². The van der Waals surface area contributed by atoms with Crippen LogP contribution >= 0.6 is 12.2 Å². The molecule has 1 aromatic heterocycles. The summed E-state index contributed by atoms with van der Waals surface area (Å²) < 4.78 is 11.4. The zero-order chi connectivity index (χ0) is 28.3. The van der Waals surface area contributed by atoms with Crippen molar-refractivity contribution in [2.24, 2.45) is 10.9 Å². The van der Waals surface area contributed by atoms with E-state index in [0.717, 1.165) is 28.2 Å². The van der Waals surface area contributed by atoms with Gasteiger partial charge in [0, 0.05) is 5.56 Å². The molecule has 0 spiro atoms. The molecule has 0 N–H and O–H groups in total. The lowest BCUT2D eigenvalue weighted by Crippen LogP contribution is -2.36. The monoisotopic (exact) mass is 555 g/mol. The molecule has 5 heteroatoms. The maximum Gasteiger partial charge on any atom is 0.210 e. The minimum Gasteiger partial charge on any atom is -0.477 e. The molecule has 4 nitrogen and oxygen atoms in total. The van der Waals surface area contributed by atoms with Gasteiger partial charge in [-0.25, -0.2) is 4.99 Å². The van der Waals surface area contributed by atoms with E-state index in [1.807, 2.05) is 0 Å². The summed E-state index contributed by atoms with van der Waals surface area (Å²) in [5, 5.41) is 4.89. The Kier molecular flexibility index (Phi) is 6.09. The van der Waals surface area contributed by atoms with Crippen molar-refractivity contribution in [2.75, 3.05) is 6.61 Å². The maximum atomic E-state index is 6.36. The second kappa shape index (κ2) is 9.71. The quantitative estimate of drug-likeness (QED) is 0.157. The summed E-state index contributed by atoms with van der Waals surface area (Å²) in [4.78, 5) is 5.02. The molecule has 0 unspecified atom stereocenters. The van der Waals surface area contributed by atoms with Crippen LogP contribution in [-0.2, 0) is 10.3 Å². The summed E-state index contributed by atoms with van der Waals surface area (Å²) in [6.07, 6.45) is 0. The predicted molar refractivity (Wildman–Crippen MR) is 174 cm³/mol. The molecule has 204 valence electrons. The van der Waals surface area contributed by atoms with Crippen LogP contribution in [0.2, 0.25) is 0 Å². The van der Waals surface area contributed by atoms with Crippen LogP contribution in [0.3, 0.4) is 0 Å². The molecular formula is C36H33N3OS. The van der Waals surface area contributed by atoms with Crippen molar-refractivity contribution in [1.29, 1.82) is 0 Å². The number of fused-ring (bicyclic) bond motifs is 3. The minimum absolute atomic E-state index is 0.159. The number of hydrogen-bond acceptors (Lipinski definition) is 3. The van der Waals surface area contributed by atoms with E-state index >= 15 is 0 Å². The number of benzene rings is 5. The van der Waals surface area contributed by atoms with Crippen molar-refractivity contribution in [2.45, 2.75) is 39.3 Å². The lowest BCUT2D eigenvalue weighted by molar-refractivity contribution is 0.260. The number of imidazole rings is 1. The van der Waals surface area contributed by atoms with E-state index in [0.29, 0.717) is 17.3 Å². The van der Waals surface area contributed by atoms with Gasteiger partial charge >= 0.3 is 0 Å². The van der Waals surface area contributed by atoms with Gasteiger partial charge in [-0.1, -0.05) is 92.7 Å². The second-order valence-electron chi connectivity index (χ2n) is 11.8. The molecule has 0 bridgehead atoms. The van der Waals surface area contributed by atoms with Crippen molar-refractivity contribution >= 4 is 50.7 Å². The molecule has 0 saturated carbocycles. The number of ether oxygens (including phenoxy) is 1. The van der Waals surface area contributed by atoms with Crippen molar-refractivity contribution in [3.8, 4) is 16.8 Å². The van der Waals surface area contributed by atoms with Crippen LogP contribution in [0.4, 0.5) is 0 Å². The Morgan fingerprint density at radius 2 is 1.39 bits per heavy atom. The summed E-state index contributed by atoms with van der Waals surface area (Å²) in [6, 6.07) is 36.8. The van der Waals surface area contributed by atoms with Crippen molar-refractivity contribution < 1.29 is 4.74 Å². The number of hydrogen-bond donors (Lipinski definition) is 0. The highest BCUT2D eigenvalue weighted by atomic mass is 32.1. The highest BCUT2D eigenvalue weighted by Crippen LogP contribution is 2.41. The fraction of sp³-hybridized carbons (Fsp3) is 0.222. The summed E-state index contributed by atoms with van der Waals surface area (Å²) in [6.45, 7) is 9.31. The Balaban J connectivity index is 1.53. The van der Waals surface area contributed by atoms with E-state index in [4.69, 9.17) is 21.9 Å². The van der Waals surface area contributed by atoms with E-state index in [1.165, 1.54) is 27.1 Å². The fourth-order valence-electron chi connectivity index (χ4n) is 6.27. The summed E-state index contributed by atoms with van der Waals surface area (Å²) in [7, 11) is 0. The normalized spacial score (nSPS) is 15.6. The molecule has 5 aromatic carbocycles. The molecule has 6 aromatic rings. The molecule has 0 fully saturated rings. The molecule has 2 heterocycles. The molecule has 7 rings (SSSR count). The van der Waals surface area contributed by atoms with Crippen LogP contribution in [0.5, 0.6) is 0 Å². The number of aliphatic imine (C=N–C) groups is 1. The Morgan fingerprint density at radius 1 is 0.805 bits per heavy atom. The van der Waals surface area contributed by atoms with Crippen LogP contribution in [0.15, 0.2) is 108 Å². The first-order valence-electron chi connectivity index (χ1n) is 14.3. The van der Waals surface area contributed by atoms with Gasteiger partial charge in [0.25, 0.3) is 0 Å². The predicted octanol–water partition coefficient (Wildman–Crippen LogP) is 9.32. The van der Waals surface area contributed by atoms with Crippen molar-refractivity contribution in [1.82, 2.24) is 9.13 Å². The third-order valence-electron chi connectivity index (χ3n) is 8.46. The number of aromatic nitrogens is 2. The van der Waals surface area contributed by atoms with Crippen molar-refractivity contribution in [3.63, 3.8) is 0 Å². The standard InChI is InChI=1S/C36H33N3OS/c1-23(2)29-22-40-34(37-29)36(3,4)39-32-20-12-11-19-31(32)38(35(39)41)30-18-10-9-17-28(30)33-26-15-7-5-13-24(26)21-25-14-6-8-16-27(25)33/h5-21,23,29H,22H2,1-4H3/t29-/m1/s1. The largest absolute Gasteiger partial charge is 0.477 e. The smallest absolute Gasteiger partial charge is 0.210 e. The van der Waals surface area contributed by atoms with Crippen molar-refractivity contribution in [3.05, 3.63) is 108 Å². The molecule has 41 heavy (non-hydrogen) atoms. The van der Waals surface area contributed by atoms with Gasteiger partial charge in [-0.2, -0.15) is 0 Å². The van der Waals surface area contributed by atoms with E-state index < -0.39 is 5.54 Å². The fourth-order valence-corrected chi connectivity index (χ4v) is 6.79. The molecule has 1 aliphatic rings. The number of para-hydroxylation sites is 3. The third kappa shape index (κ3) is 4.02. The molecule has 1 aliphatic heterocycles. The number of nitrogens with zero attached hydrogens (tertiary/aromatic N) is 3. The second-order valence-corrected chi connectivity index (χ2v) is 12.1. The Morgan fingerprint density at radius 3 is 2.05 bits per heavy atom. The van der Waals surface area contributed by atoms with Crippen LogP contribution < -0.4 is 0 Å².